The van der Waals surface area contributed by atoms with E-state index in [1.165, 1.54) is 11.3 Å². The van der Waals surface area contributed by atoms with Gasteiger partial charge >= 0.3 is 0 Å². The Morgan fingerprint density at radius 1 is 1.44 bits per heavy atom. The normalized spacial score (nSPS) is 16.2. The molecular weight excluding hydrogens is 270 g/mol. The van der Waals surface area contributed by atoms with Gasteiger partial charge < -0.3 is 10.0 Å². The molecule has 0 spiro atoms. The summed E-state index contributed by atoms with van der Waals surface area (Å²) in [5, 5.41) is 8.60. The third kappa shape index (κ3) is 3.19. The molecule has 1 aromatic heterocycles. The topological polar surface area (TPSA) is 57.6 Å². The molecule has 1 amide bonds. The van der Waals surface area contributed by atoms with Gasteiger partial charge in [0.1, 0.15) is 6.61 Å². The molecule has 18 heavy (non-hydrogen) atoms. The Labute approximate surface area is 112 Å². The van der Waals surface area contributed by atoms with Crippen LogP contribution in [0.3, 0.4) is 0 Å². The first-order valence-electron chi connectivity index (χ1n) is 5.54. The van der Waals surface area contributed by atoms with E-state index in [1.807, 2.05) is 0 Å². The van der Waals surface area contributed by atoms with Gasteiger partial charge in [-0.15, -0.1) is 11.3 Å². The van der Waals surface area contributed by atoms with Crippen molar-refractivity contribution in [2.45, 2.75) is 0 Å². The number of aliphatic hydroxyl groups is 1. The zero-order chi connectivity index (χ0) is 13.0. The summed E-state index contributed by atoms with van der Waals surface area (Å²) in [5.74, 6) is 6.44. The molecule has 0 saturated carbocycles. The molecule has 1 saturated heterocycles. The second kappa shape index (κ2) is 6.14. The van der Waals surface area contributed by atoms with Crippen molar-refractivity contribution in [1.29, 1.82) is 0 Å². The van der Waals surface area contributed by atoms with Gasteiger partial charge in [-0.25, -0.2) is 0 Å². The number of nitrogens with zero attached hydrogens (tertiary/aromatic N) is 1. The van der Waals surface area contributed by atoms with Crippen molar-refractivity contribution in [2.24, 2.45) is 0 Å². The molecule has 0 aromatic carbocycles. The monoisotopic (exact) mass is 283 g/mol. The van der Waals surface area contributed by atoms with Crippen molar-refractivity contribution >= 4 is 28.0 Å². The number of carbonyl (C=O) groups excluding carboxylic acids is 1. The smallest absolute Gasteiger partial charge is 0.264 e. The molecule has 0 unspecified atom stereocenters. The van der Waals surface area contributed by atoms with Crippen LogP contribution in [-0.4, -0.2) is 51.3 Å². The Kier molecular flexibility index (Phi) is 4.53. The Hall–Kier alpha value is -1.16. The van der Waals surface area contributed by atoms with Crippen LogP contribution in [0.1, 0.15) is 14.5 Å². The molecule has 0 radical (unpaired) electrons. The van der Waals surface area contributed by atoms with Crippen molar-refractivity contribution in [3.8, 4) is 11.8 Å². The van der Waals surface area contributed by atoms with Crippen molar-refractivity contribution in [3.05, 3.63) is 21.9 Å². The highest BCUT2D eigenvalue weighted by Crippen LogP contribution is 2.18. The second-order valence-corrected chi connectivity index (χ2v) is 6.54. The number of rotatable bonds is 1. The van der Waals surface area contributed by atoms with E-state index in [0.29, 0.717) is 29.5 Å². The summed E-state index contributed by atoms with van der Waals surface area (Å²) in [4.78, 5) is 15.3. The minimum atomic E-state index is -0.774. The number of thiophene rings is 1. The number of aliphatic hydroxyl groups excluding tert-OH is 1. The number of hydrogen-bond acceptors (Lipinski definition) is 4. The van der Waals surface area contributed by atoms with E-state index in [2.05, 4.69) is 11.8 Å². The van der Waals surface area contributed by atoms with Crippen molar-refractivity contribution in [1.82, 2.24) is 4.90 Å². The van der Waals surface area contributed by atoms with Gasteiger partial charge in [-0.2, -0.15) is 0 Å². The summed E-state index contributed by atoms with van der Waals surface area (Å²) in [6.07, 6.45) is 0. The maximum atomic E-state index is 12.1. The fourth-order valence-electron chi connectivity index (χ4n) is 1.64. The van der Waals surface area contributed by atoms with Gasteiger partial charge in [0.05, 0.1) is 9.75 Å². The maximum absolute atomic E-state index is 12.1. The Morgan fingerprint density at radius 2 is 2.17 bits per heavy atom. The molecule has 1 aliphatic rings. The summed E-state index contributed by atoms with van der Waals surface area (Å²) in [6.45, 7) is 0.932. The Bertz CT molecular complexity index is 517. The van der Waals surface area contributed by atoms with Crippen LogP contribution < -0.4 is 0 Å². The predicted molar refractivity (Wildman–Crippen MR) is 72.1 cm³/mol. The summed E-state index contributed by atoms with van der Waals surface area (Å²) >= 11 is 1.32. The predicted octanol–water partition coefficient (Wildman–Crippen LogP) is 0.296. The highest BCUT2D eigenvalue weighted by Gasteiger charge is 2.22. The molecule has 0 atom stereocenters. The lowest BCUT2D eigenvalue weighted by Crippen LogP contribution is -2.41. The van der Waals surface area contributed by atoms with E-state index in [9.17, 15) is 9.00 Å². The molecule has 2 rings (SSSR count). The lowest BCUT2D eigenvalue weighted by Gasteiger charge is -2.25. The van der Waals surface area contributed by atoms with Gasteiger partial charge in [-0.05, 0) is 12.1 Å². The van der Waals surface area contributed by atoms with E-state index in [1.54, 1.807) is 17.0 Å². The van der Waals surface area contributed by atoms with E-state index >= 15 is 0 Å². The summed E-state index contributed by atoms with van der Waals surface area (Å²) in [6, 6.07) is 3.53. The third-order valence-electron chi connectivity index (χ3n) is 2.57. The van der Waals surface area contributed by atoms with Gasteiger partial charge in [-0.1, -0.05) is 11.8 Å². The van der Waals surface area contributed by atoms with Gasteiger partial charge in [0.2, 0.25) is 0 Å². The molecule has 1 aliphatic heterocycles. The lowest BCUT2D eigenvalue weighted by molar-refractivity contribution is 0.0776. The maximum Gasteiger partial charge on any atom is 0.264 e. The average molecular weight is 283 g/mol. The Morgan fingerprint density at radius 3 is 2.83 bits per heavy atom. The van der Waals surface area contributed by atoms with Gasteiger partial charge in [0.25, 0.3) is 5.91 Å². The molecule has 96 valence electrons. The zero-order valence-corrected chi connectivity index (χ0v) is 11.4. The summed E-state index contributed by atoms with van der Waals surface area (Å²) < 4.78 is 11.2. The van der Waals surface area contributed by atoms with Crippen molar-refractivity contribution < 1.29 is 14.1 Å². The van der Waals surface area contributed by atoms with Gasteiger partial charge in [0.15, 0.2) is 0 Å². The average Bonchev–Trinajstić information content (AvgIpc) is 2.85. The molecule has 1 aromatic rings. The van der Waals surface area contributed by atoms with E-state index < -0.39 is 10.8 Å². The van der Waals surface area contributed by atoms with Crippen LogP contribution in [0, 0.1) is 11.8 Å². The molecule has 1 fully saturated rings. The molecular formula is C12H13NO3S2. The molecule has 6 heteroatoms. The fourth-order valence-corrected chi connectivity index (χ4v) is 3.54. The molecule has 0 aliphatic carbocycles. The first-order valence-corrected chi connectivity index (χ1v) is 7.85. The SMILES string of the molecule is O=C(c1ccc(C#CCO)s1)N1CCS(=O)CC1. The zero-order valence-electron chi connectivity index (χ0n) is 9.72. The molecule has 2 heterocycles. The second-order valence-electron chi connectivity index (χ2n) is 3.76. The van der Waals surface area contributed by atoms with E-state index in [0.717, 1.165) is 4.88 Å². The van der Waals surface area contributed by atoms with Crippen molar-refractivity contribution in [3.63, 3.8) is 0 Å². The van der Waals surface area contributed by atoms with Crippen LogP contribution in [0.25, 0.3) is 0 Å². The highest BCUT2D eigenvalue weighted by molar-refractivity contribution is 7.85. The number of hydrogen-bond donors (Lipinski definition) is 1. The van der Waals surface area contributed by atoms with Gasteiger partial charge in [-0.3, -0.25) is 9.00 Å². The summed E-state index contributed by atoms with van der Waals surface area (Å²) in [5.41, 5.74) is 0. The minimum Gasteiger partial charge on any atom is -0.384 e. The standard InChI is InChI=1S/C12H13NO3S2/c14-7-1-2-10-3-4-11(17-10)12(15)13-5-8-18(16)9-6-13/h3-4,14H,5-9H2. The fraction of sp³-hybridized carbons (Fsp3) is 0.417. The molecule has 1 N–H and O–H groups in total. The molecule has 4 nitrogen and oxygen atoms in total. The molecule has 0 bridgehead atoms. The Balaban J connectivity index is 2.04. The lowest BCUT2D eigenvalue weighted by atomic mass is 10.3. The van der Waals surface area contributed by atoms with E-state index in [-0.39, 0.29) is 12.5 Å². The van der Waals surface area contributed by atoms with Crippen molar-refractivity contribution in [2.75, 3.05) is 31.2 Å². The van der Waals surface area contributed by atoms with E-state index in [4.69, 9.17) is 5.11 Å². The first kappa shape index (κ1) is 13.3. The van der Waals surface area contributed by atoms with Crippen LogP contribution in [0.15, 0.2) is 12.1 Å². The van der Waals surface area contributed by atoms with Crippen LogP contribution >= 0.6 is 11.3 Å². The van der Waals surface area contributed by atoms with Crippen LogP contribution in [-0.2, 0) is 10.8 Å². The highest BCUT2D eigenvalue weighted by atomic mass is 32.2. The number of carbonyl (C=O) groups is 1. The minimum absolute atomic E-state index is 0.0197. The van der Waals surface area contributed by atoms with Crippen LogP contribution in [0.4, 0.5) is 0 Å². The third-order valence-corrected chi connectivity index (χ3v) is 4.84. The van der Waals surface area contributed by atoms with Gasteiger partial charge in [0, 0.05) is 35.4 Å². The van der Waals surface area contributed by atoms with Crippen LogP contribution in [0.5, 0.6) is 0 Å². The largest absolute Gasteiger partial charge is 0.384 e. The number of amides is 1. The first-order chi connectivity index (χ1) is 8.70. The quantitative estimate of drug-likeness (QED) is 0.754. The van der Waals surface area contributed by atoms with Crippen LogP contribution in [0.2, 0.25) is 0 Å². The summed E-state index contributed by atoms with van der Waals surface area (Å²) in [7, 11) is -0.774.